The van der Waals surface area contributed by atoms with Crippen molar-refractivity contribution in [1.82, 2.24) is 0 Å². The first-order valence-corrected chi connectivity index (χ1v) is 3.95. The SMILES string of the molecule is O=[PH](O)O.[Zr].c1ccccc1. The van der Waals surface area contributed by atoms with E-state index in [2.05, 4.69) is 0 Å². The number of benzene rings is 1. The van der Waals surface area contributed by atoms with Crippen LogP contribution in [0.5, 0.6) is 0 Å². The van der Waals surface area contributed by atoms with E-state index >= 15 is 0 Å². The Labute approximate surface area is 85.2 Å². The van der Waals surface area contributed by atoms with E-state index < -0.39 is 8.25 Å². The Bertz CT molecular complexity index is 150. The van der Waals surface area contributed by atoms with Gasteiger partial charge in [-0.25, -0.2) is 0 Å². The Morgan fingerprint density at radius 2 is 0.909 bits per heavy atom. The predicted molar refractivity (Wildman–Crippen MR) is 39.9 cm³/mol. The summed E-state index contributed by atoms with van der Waals surface area (Å²) in [6, 6.07) is 12.0. The minimum atomic E-state index is -3.13. The standard InChI is InChI=1S/C6H6.H3O3P.Zr/c1-2-4-6-5-3-1;1-4(2)3;/h1-6H;4H,(H2,1,2,3);. The van der Waals surface area contributed by atoms with Crippen molar-refractivity contribution in [2.75, 3.05) is 0 Å². The van der Waals surface area contributed by atoms with E-state index in [0.29, 0.717) is 0 Å². The minimum absolute atomic E-state index is 0. The molecular weight excluding hydrogens is 242 g/mol. The third-order valence-electron chi connectivity index (χ3n) is 0.667. The van der Waals surface area contributed by atoms with Gasteiger partial charge in [-0.1, -0.05) is 36.4 Å². The molecule has 2 N–H and O–H groups in total. The van der Waals surface area contributed by atoms with Gasteiger partial charge in [0.25, 0.3) is 0 Å². The summed E-state index contributed by atoms with van der Waals surface area (Å²) in [6.07, 6.45) is 0. The van der Waals surface area contributed by atoms with Crippen LogP contribution in [0.2, 0.25) is 0 Å². The number of hydrogen-bond donors (Lipinski definition) is 2. The van der Waals surface area contributed by atoms with Gasteiger partial charge in [-0.15, -0.1) is 0 Å². The van der Waals surface area contributed by atoms with Crippen molar-refractivity contribution in [3.63, 3.8) is 0 Å². The summed E-state index contributed by atoms with van der Waals surface area (Å²) in [5, 5.41) is 0. The van der Waals surface area contributed by atoms with Crippen molar-refractivity contribution >= 4 is 8.25 Å². The Morgan fingerprint density at radius 1 is 0.818 bits per heavy atom. The van der Waals surface area contributed by atoms with E-state index in [9.17, 15) is 0 Å². The van der Waals surface area contributed by atoms with E-state index in [1.54, 1.807) is 0 Å². The van der Waals surface area contributed by atoms with Gasteiger partial charge in [-0.3, -0.25) is 4.57 Å². The number of hydrogen-bond acceptors (Lipinski definition) is 1. The quantitative estimate of drug-likeness (QED) is 0.678. The molecule has 1 rings (SSSR count). The Balaban J connectivity index is 0. The second-order valence-corrected chi connectivity index (χ2v) is 2.00. The smallest absolute Gasteiger partial charge is 0.314 e. The molecule has 1 aromatic carbocycles. The summed E-state index contributed by atoms with van der Waals surface area (Å²) in [5.74, 6) is 0. The molecule has 0 aliphatic heterocycles. The molecule has 60 valence electrons. The maximum absolute atomic E-state index is 8.74. The van der Waals surface area contributed by atoms with E-state index in [-0.39, 0.29) is 26.2 Å². The zero-order valence-electron chi connectivity index (χ0n) is 5.77. The first kappa shape index (κ1) is 13.8. The Morgan fingerprint density at radius 3 is 1.00 bits per heavy atom. The van der Waals surface area contributed by atoms with Crippen LogP contribution in [0.3, 0.4) is 0 Å². The van der Waals surface area contributed by atoms with Gasteiger partial charge in [0, 0.05) is 26.2 Å². The van der Waals surface area contributed by atoms with Crippen molar-refractivity contribution < 1.29 is 40.6 Å². The van der Waals surface area contributed by atoms with E-state index in [4.69, 9.17) is 14.4 Å². The summed E-state index contributed by atoms with van der Waals surface area (Å²) >= 11 is 0. The first-order chi connectivity index (χ1) is 4.73. The molecular formula is C6H9O3PZr. The molecule has 1 aromatic rings. The summed E-state index contributed by atoms with van der Waals surface area (Å²) in [6.45, 7) is 0. The van der Waals surface area contributed by atoms with Crippen molar-refractivity contribution in [2.45, 2.75) is 0 Å². The molecule has 0 saturated heterocycles. The molecule has 0 aliphatic carbocycles. The van der Waals surface area contributed by atoms with E-state index in [0.717, 1.165) is 0 Å². The van der Waals surface area contributed by atoms with Crippen molar-refractivity contribution in [1.29, 1.82) is 0 Å². The molecule has 0 radical (unpaired) electrons. The second-order valence-electron chi connectivity index (χ2n) is 1.44. The molecule has 0 saturated carbocycles. The first-order valence-electron chi connectivity index (χ1n) is 2.65. The average Bonchev–Trinajstić information content (AvgIpc) is 1.90. The summed E-state index contributed by atoms with van der Waals surface area (Å²) in [4.78, 5) is 14.3. The van der Waals surface area contributed by atoms with Crippen LogP contribution in [-0.2, 0) is 30.8 Å². The summed E-state index contributed by atoms with van der Waals surface area (Å²) < 4.78 is 8.74. The molecule has 0 fully saturated rings. The van der Waals surface area contributed by atoms with Gasteiger partial charge in [-0.2, -0.15) is 0 Å². The van der Waals surface area contributed by atoms with Gasteiger partial charge in [-0.05, 0) is 0 Å². The average molecular weight is 251 g/mol. The third-order valence-corrected chi connectivity index (χ3v) is 0.667. The molecule has 0 aliphatic rings. The Hall–Kier alpha value is 0.253. The van der Waals surface area contributed by atoms with E-state index in [1.807, 2.05) is 36.4 Å². The van der Waals surface area contributed by atoms with Crippen LogP contribution in [-0.4, -0.2) is 9.79 Å². The van der Waals surface area contributed by atoms with Crippen molar-refractivity contribution in [3.8, 4) is 0 Å². The maximum atomic E-state index is 8.74. The van der Waals surface area contributed by atoms with Crippen LogP contribution in [0, 0.1) is 0 Å². The molecule has 0 heterocycles. The zero-order valence-corrected chi connectivity index (χ0v) is 9.22. The molecule has 5 heteroatoms. The van der Waals surface area contributed by atoms with Gasteiger partial charge in [0.05, 0.1) is 0 Å². The van der Waals surface area contributed by atoms with Crippen molar-refractivity contribution in [3.05, 3.63) is 36.4 Å². The van der Waals surface area contributed by atoms with Gasteiger partial charge < -0.3 is 9.79 Å². The molecule has 0 unspecified atom stereocenters. The molecule has 0 atom stereocenters. The topological polar surface area (TPSA) is 57.5 Å². The number of rotatable bonds is 0. The molecule has 0 aromatic heterocycles. The molecule has 0 amide bonds. The fraction of sp³-hybridized carbons (Fsp3) is 0. The zero-order chi connectivity index (χ0) is 7.82. The predicted octanol–water partition coefficient (Wildman–Crippen LogP) is 1.04. The molecule has 11 heavy (non-hydrogen) atoms. The molecule has 0 spiro atoms. The third kappa shape index (κ3) is 17.9. The Kier molecular flexibility index (Phi) is 12.9. The van der Waals surface area contributed by atoms with Crippen LogP contribution in [0.15, 0.2) is 36.4 Å². The van der Waals surface area contributed by atoms with Crippen LogP contribution >= 0.6 is 8.25 Å². The van der Waals surface area contributed by atoms with Gasteiger partial charge in [0.15, 0.2) is 0 Å². The van der Waals surface area contributed by atoms with Crippen LogP contribution in [0.4, 0.5) is 0 Å². The van der Waals surface area contributed by atoms with Crippen LogP contribution < -0.4 is 0 Å². The van der Waals surface area contributed by atoms with Crippen LogP contribution in [0.25, 0.3) is 0 Å². The van der Waals surface area contributed by atoms with Crippen molar-refractivity contribution in [2.24, 2.45) is 0 Å². The molecule has 0 bridgehead atoms. The minimum Gasteiger partial charge on any atom is -0.326 e. The summed E-state index contributed by atoms with van der Waals surface area (Å²) in [5.41, 5.74) is 0. The van der Waals surface area contributed by atoms with Gasteiger partial charge in [0.2, 0.25) is 0 Å². The summed E-state index contributed by atoms with van der Waals surface area (Å²) in [7, 11) is -3.13. The van der Waals surface area contributed by atoms with Gasteiger partial charge in [0.1, 0.15) is 0 Å². The second kappa shape index (κ2) is 10.3. The van der Waals surface area contributed by atoms with Crippen LogP contribution in [0.1, 0.15) is 0 Å². The fourth-order valence-electron chi connectivity index (χ4n) is 0.385. The largest absolute Gasteiger partial charge is 0.326 e. The normalized spacial score (nSPS) is 7.55. The maximum Gasteiger partial charge on any atom is 0.314 e. The van der Waals surface area contributed by atoms with Gasteiger partial charge >= 0.3 is 8.25 Å². The van der Waals surface area contributed by atoms with E-state index in [1.165, 1.54) is 0 Å². The molecule has 3 nitrogen and oxygen atoms in total. The monoisotopic (exact) mass is 250 g/mol. The fourth-order valence-corrected chi connectivity index (χ4v) is 0.385.